The van der Waals surface area contributed by atoms with E-state index in [9.17, 15) is 0 Å². The fraction of sp³-hybridized carbons (Fsp3) is 0. The van der Waals surface area contributed by atoms with E-state index in [0.717, 1.165) is 11.4 Å². The summed E-state index contributed by atoms with van der Waals surface area (Å²) in [4.78, 5) is 0. The second kappa shape index (κ2) is 3.05. The predicted octanol–water partition coefficient (Wildman–Crippen LogP) is 1.78. The van der Waals surface area contributed by atoms with Crippen LogP contribution in [0.2, 0.25) is 0 Å². The van der Waals surface area contributed by atoms with E-state index >= 15 is 0 Å². The minimum Gasteiger partial charge on any atom is -0.158 e. The summed E-state index contributed by atoms with van der Waals surface area (Å²) < 4.78 is 0. The third-order valence-corrected chi connectivity index (χ3v) is 1.19. The lowest BCUT2D eigenvalue weighted by Gasteiger charge is -1.85. The standard InChI is InChI=1S/C6H4N4.B/c1-3-7-9-5(1)6-2-4-8-10-6;/h1-4H;. The lowest BCUT2D eigenvalue weighted by atomic mass is 10.3. The molecule has 0 aromatic rings. The maximum Gasteiger partial charge on any atom is 0.115 e. The van der Waals surface area contributed by atoms with Gasteiger partial charge in [-0.15, -0.1) is 10.2 Å². The van der Waals surface area contributed by atoms with Crippen LogP contribution in [0, 0.1) is 0 Å². The summed E-state index contributed by atoms with van der Waals surface area (Å²) in [7, 11) is 0. The Bertz CT molecular complexity index is 240. The molecule has 0 amide bonds. The third kappa shape index (κ3) is 1.31. The summed E-state index contributed by atoms with van der Waals surface area (Å²) in [5.41, 5.74) is 1.55. The molecule has 2 heterocycles. The highest BCUT2D eigenvalue weighted by Gasteiger charge is 2.04. The van der Waals surface area contributed by atoms with Gasteiger partial charge >= 0.3 is 0 Å². The van der Waals surface area contributed by atoms with Crippen molar-refractivity contribution in [3.8, 4) is 0 Å². The highest BCUT2D eigenvalue weighted by atomic mass is 15.2. The first kappa shape index (κ1) is 7.59. The van der Waals surface area contributed by atoms with Crippen molar-refractivity contribution in [1.29, 1.82) is 0 Å². The van der Waals surface area contributed by atoms with Crippen LogP contribution in [0.25, 0.3) is 0 Å². The molecule has 2 aliphatic heterocycles. The van der Waals surface area contributed by atoms with Gasteiger partial charge in [-0.2, -0.15) is 10.2 Å². The number of allylic oxidation sites excluding steroid dienone is 2. The minimum absolute atomic E-state index is 0. The number of hydrogen-bond acceptors (Lipinski definition) is 4. The van der Waals surface area contributed by atoms with Crippen LogP contribution in [0.4, 0.5) is 0 Å². The van der Waals surface area contributed by atoms with Crippen molar-refractivity contribution >= 4 is 8.41 Å². The Morgan fingerprint density at radius 1 is 0.818 bits per heavy atom. The van der Waals surface area contributed by atoms with Crippen molar-refractivity contribution in [3.63, 3.8) is 0 Å². The van der Waals surface area contributed by atoms with Gasteiger partial charge in [0.25, 0.3) is 0 Å². The van der Waals surface area contributed by atoms with E-state index in [0.29, 0.717) is 0 Å². The smallest absolute Gasteiger partial charge is 0.115 e. The van der Waals surface area contributed by atoms with Crippen molar-refractivity contribution < 1.29 is 0 Å². The fourth-order valence-corrected chi connectivity index (χ4v) is 0.739. The summed E-state index contributed by atoms with van der Waals surface area (Å²) in [5.74, 6) is 0. The number of rotatable bonds is 0. The van der Waals surface area contributed by atoms with Crippen molar-refractivity contribution in [2.75, 3.05) is 0 Å². The van der Waals surface area contributed by atoms with Gasteiger partial charge in [0.05, 0.1) is 12.4 Å². The molecule has 0 N–H and O–H groups in total. The first-order chi connectivity index (χ1) is 4.97. The largest absolute Gasteiger partial charge is 0.158 e. The molecule has 4 nitrogen and oxygen atoms in total. The Balaban J connectivity index is 0.000000605. The van der Waals surface area contributed by atoms with Gasteiger partial charge in [-0.3, -0.25) is 0 Å². The Labute approximate surface area is 65.7 Å². The van der Waals surface area contributed by atoms with Gasteiger partial charge in [-0.05, 0) is 12.2 Å². The molecule has 5 heteroatoms. The highest BCUT2D eigenvalue weighted by molar-refractivity contribution is 5.75. The molecule has 0 saturated carbocycles. The third-order valence-electron chi connectivity index (χ3n) is 1.19. The van der Waals surface area contributed by atoms with Gasteiger partial charge in [0, 0.05) is 8.41 Å². The molecule has 0 aromatic carbocycles. The van der Waals surface area contributed by atoms with Crippen LogP contribution in [0.1, 0.15) is 0 Å². The lowest BCUT2D eigenvalue weighted by molar-refractivity contribution is 1.15. The molecule has 3 radical (unpaired) electrons. The van der Waals surface area contributed by atoms with Crippen molar-refractivity contribution in [1.82, 2.24) is 0 Å². The highest BCUT2D eigenvalue weighted by Crippen LogP contribution is 2.19. The van der Waals surface area contributed by atoms with Gasteiger partial charge in [-0.25, -0.2) is 0 Å². The summed E-state index contributed by atoms with van der Waals surface area (Å²) >= 11 is 0. The molecule has 0 aliphatic carbocycles. The normalized spacial score (nSPS) is 24.7. The van der Waals surface area contributed by atoms with Gasteiger partial charge in [0.2, 0.25) is 0 Å². The van der Waals surface area contributed by atoms with Gasteiger partial charge < -0.3 is 0 Å². The molecule has 0 aromatic heterocycles. The number of nitrogens with zero attached hydrogens (tertiary/aromatic N) is 4. The van der Waals surface area contributed by atoms with E-state index in [-0.39, 0.29) is 8.41 Å². The zero-order valence-corrected chi connectivity index (χ0v) is 5.68. The van der Waals surface area contributed by atoms with E-state index in [2.05, 4.69) is 20.5 Å². The molecule has 2 aliphatic rings. The van der Waals surface area contributed by atoms with Crippen LogP contribution < -0.4 is 0 Å². The molecular weight excluding hydrogens is 139 g/mol. The predicted molar refractivity (Wildman–Crippen MR) is 40.8 cm³/mol. The topological polar surface area (TPSA) is 49.4 Å². The summed E-state index contributed by atoms with van der Waals surface area (Å²) in [5, 5.41) is 14.9. The Hall–Kier alpha value is -1.52. The molecule has 0 unspecified atom stereocenters. The van der Waals surface area contributed by atoms with E-state index in [1.165, 1.54) is 0 Å². The van der Waals surface area contributed by atoms with Crippen molar-refractivity contribution in [2.24, 2.45) is 20.5 Å². The van der Waals surface area contributed by atoms with Gasteiger partial charge in [-0.1, -0.05) is 0 Å². The maximum absolute atomic E-state index is 3.81. The minimum atomic E-state index is 0. The van der Waals surface area contributed by atoms with Crippen LogP contribution in [-0.2, 0) is 0 Å². The maximum atomic E-state index is 3.81. The number of azo groups is 2. The zero-order valence-electron chi connectivity index (χ0n) is 5.68. The zero-order chi connectivity index (χ0) is 6.81. The summed E-state index contributed by atoms with van der Waals surface area (Å²) in [6.45, 7) is 0. The van der Waals surface area contributed by atoms with Gasteiger partial charge in [0.15, 0.2) is 0 Å². The van der Waals surface area contributed by atoms with E-state index in [1.807, 2.05) is 0 Å². The lowest BCUT2D eigenvalue weighted by Crippen LogP contribution is -1.72. The molecular formula is C6H4BN4. The molecule has 51 valence electrons. The molecule has 0 bridgehead atoms. The average molecular weight is 143 g/mol. The van der Waals surface area contributed by atoms with Gasteiger partial charge in [0.1, 0.15) is 11.4 Å². The first-order valence-corrected chi connectivity index (χ1v) is 2.86. The molecule has 0 atom stereocenters. The summed E-state index contributed by atoms with van der Waals surface area (Å²) in [6.07, 6.45) is 6.85. The molecule has 2 rings (SSSR count). The SMILES string of the molecule is C1=CC(=C2C=CN=N2)N=N1.[B]. The molecule has 0 spiro atoms. The second-order valence-electron chi connectivity index (χ2n) is 1.83. The summed E-state index contributed by atoms with van der Waals surface area (Å²) in [6, 6.07) is 0. The van der Waals surface area contributed by atoms with Crippen LogP contribution in [-0.4, -0.2) is 8.41 Å². The van der Waals surface area contributed by atoms with Crippen LogP contribution in [0.3, 0.4) is 0 Å². The molecule has 11 heavy (non-hydrogen) atoms. The van der Waals surface area contributed by atoms with E-state index in [4.69, 9.17) is 0 Å². The van der Waals surface area contributed by atoms with Crippen LogP contribution in [0.5, 0.6) is 0 Å². The Morgan fingerprint density at radius 3 is 1.55 bits per heavy atom. The Morgan fingerprint density at radius 2 is 1.27 bits per heavy atom. The van der Waals surface area contributed by atoms with E-state index < -0.39 is 0 Å². The monoisotopic (exact) mass is 143 g/mol. The van der Waals surface area contributed by atoms with Crippen molar-refractivity contribution in [2.45, 2.75) is 0 Å². The quantitative estimate of drug-likeness (QED) is 0.464. The fourth-order valence-electron chi connectivity index (χ4n) is 0.739. The van der Waals surface area contributed by atoms with Crippen LogP contribution in [0.15, 0.2) is 56.4 Å². The first-order valence-electron chi connectivity index (χ1n) is 2.86. The van der Waals surface area contributed by atoms with E-state index in [1.54, 1.807) is 24.6 Å². The second-order valence-corrected chi connectivity index (χ2v) is 1.83. The molecule has 0 saturated heterocycles. The van der Waals surface area contributed by atoms with Crippen molar-refractivity contribution in [3.05, 3.63) is 35.9 Å². The average Bonchev–Trinajstić information content (AvgIpc) is 2.59. The van der Waals surface area contributed by atoms with Crippen LogP contribution >= 0.6 is 0 Å². The Kier molecular flexibility index (Phi) is 2.10. The number of hydrogen-bond donors (Lipinski definition) is 0. The molecule has 0 fully saturated rings.